The quantitative estimate of drug-likeness (QED) is 0.272. The Hall–Kier alpha value is -1.05. The Kier molecular flexibility index (Phi) is 12.6. The molecule has 0 amide bonds. The Bertz CT molecular complexity index is 266. The van der Waals surface area contributed by atoms with Gasteiger partial charge in [0.15, 0.2) is 0 Å². The van der Waals surface area contributed by atoms with Gasteiger partial charge in [0, 0.05) is 0 Å². The maximum absolute atomic E-state index is 10.5. The fourth-order valence-electron chi connectivity index (χ4n) is 2.05. The van der Waals surface area contributed by atoms with E-state index in [0.29, 0.717) is 0 Å². The lowest BCUT2D eigenvalue weighted by atomic mass is 10.1. The first-order valence-electron chi connectivity index (χ1n) is 7.77. The second-order valence-corrected chi connectivity index (χ2v) is 5.20. The second kappa shape index (κ2) is 13.4. The third kappa shape index (κ3) is 13.2. The van der Waals surface area contributed by atoms with Crippen molar-refractivity contribution >= 4 is 5.97 Å². The molecule has 0 saturated carbocycles. The summed E-state index contributed by atoms with van der Waals surface area (Å²) in [5.41, 5.74) is 0.173. The van der Waals surface area contributed by atoms with Crippen molar-refractivity contribution in [3.63, 3.8) is 0 Å². The highest BCUT2D eigenvalue weighted by Crippen LogP contribution is 2.11. The maximum atomic E-state index is 10.5. The van der Waals surface area contributed by atoms with Gasteiger partial charge in [-0.3, -0.25) is 0 Å². The number of hydrogen-bond donors (Lipinski definition) is 1. The van der Waals surface area contributed by atoms with Gasteiger partial charge in [-0.25, -0.2) is 4.79 Å². The number of carbonyl (C=O) groups is 1. The number of unbranched alkanes of at least 4 members (excludes halogenated alkanes) is 10. The van der Waals surface area contributed by atoms with Crippen molar-refractivity contribution < 1.29 is 9.90 Å². The molecule has 0 atom stereocenters. The third-order valence-electron chi connectivity index (χ3n) is 3.32. The van der Waals surface area contributed by atoms with Gasteiger partial charge in [-0.05, 0) is 12.8 Å². The van der Waals surface area contributed by atoms with Crippen LogP contribution in [0, 0.1) is 0 Å². The first-order chi connectivity index (χ1) is 9.18. The summed E-state index contributed by atoms with van der Waals surface area (Å²) in [7, 11) is 0. The van der Waals surface area contributed by atoms with E-state index in [0.717, 1.165) is 12.8 Å². The Morgan fingerprint density at radius 1 is 0.947 bits per heavy atom. The highest BCUT2D eigenvalue weighted by atomic mass is 16.4. The summed E-state index contributed by atoms with van der Waals surface area (Å²) in [4.78, 5) is 10.5. The summed E-state index contributed by atoms with van der Waals surface area (Å²) in [6.45, 7) is 5.71. The summed E-state index contributed by atoms with van der Waals surface area (Å²) in [5, 5.41) is 8.61. The van der Waals surface area contributed by atoms with Crippen LogP contribution in [0.25, 0.3) is 0 Å². The largest absolute Gasteiger partial charge is 0.478 e. The Labute approximate surface area is 118 Å². The van der Waals surface area contributed by atoms with Crippen LogP contribution in [0.3, 0.4) is 0 Å². The minimum Gasteiger partial charge on any atom is -0.478 e. The lowest BCUT2D eigenvalue weighted by molar-refractivity contribution is -0.132. The molecule has 0 unspecified atom stereocenters. The summed E-state index contributed by atoms with van der Waals surface area (Å²) < 4.78 is 0. The predicted molar refractivity (Wildman–Crippen MR) is 82.4 cm³/mol. The second-order valence-electron chi connectivity index (χ2n) is 5.20. The molecular formula is C17H30O2. The predicted octanol–water partition coefficient (Wildman–Crippen LogP) is 5.49. The van der Waals surface area contributed by atoms with Crippen molar-refractivity contribution in [2.45, 2.75) is 77.6 Å². The minimum absolute atomic E-state index is 0.173. The van der Waals surface area contributed by atoms with Crippen molar-refractivity contribution in [2.75, 3.05) is 0 Å². The Morgan fingerprint density at radius 3 is 1.89 bits per heavy atom. The number of hydrogen-bond acceptors (Lipinski definition) is 1. The van der Waals surface area contributed by atoms with E-state index in [1.807, 2.05) is 6.08 Å². The summed E-state index contributed by atoms with van der Waals surface area (Å²) in [6.07, 6.45) is 17.8. The molecule has 2 heteroatoms. The zero-order chi connectivity index (χ0) is 14.3. The van der Waals surface area contributed by atoms with E-state index < -0.39 is 5.97 Å². The fourth-order valence-corrected chi connectivity index (χ4v) is 2.05. The summed E-state index contributed by atoms with van der Waals surface area (Å²) in [5.74, 6) is -0.931. The Morgan fingerprint density at radius 2 is 1.42 bits per heavy atom. The van der Waals surface area contributed by atoms with E-state index in [-0.39, 0.29) is 5.57 Å². The molecule has 0 spiro atoms. The van der Waals surface area contributed by atoms with Crippen LogP contribution in [-0.2, 0) is 4.79 Å². The van der Waals surface area contributed by atoms with Crippen LogP contribution in [0.15, 0.2) is 24.3 Å². The van der Waals surface area contributed by atoms with E-state index in [4.69, 9.17) is 5.11 Å². The third-order valence-corrected chi connectivity index (χ3v) is 3.32. The molecule has 0 aliphatic carbocycles. The lowest BCUT2D eigenvalue weighted by Crippen LogP contribution is -1.94. The van der Waals surface area contributed by atoms with Crippen LogP contribution >= 0.6 is 0 Å². The molecule has 0 rings (SSSR count). The van der Waals surface area contributed by atoms with Crippen molar-refractivity contribution in [1.29, 1.82) is 0 Å². The van der Waals surface area contributed by atoms with Crippen molar-refractivity contribution in [3.8, 4) is 0 Å². The molecule has 0 saturated heterocycles. The van der Waals surface area contributed by atoms with Gasteiger partial charge in [0.05, 0.1) is 5.57 Å². The molecule has 110 valence electrons. The molecule has 19 heavy (non-hydrogen) atoms. The van der Waals surface area contributed by atoms with Crippen LogP contribution in [0.2, 0.25) is 0 Å². The minimum atomic E-state index is -0.931. The average molecular weight is 266 g/mol. The number of carboxylic acid groups (broad SMARTS) is 1. The number of allylic oxidation sites excluding steroid dienone is 1. The Balaban J connectivity index is 3.19. The molecule has 0 heterocycles. The first-order valence-corrected chi connectivity index (χ1v) is 7.77. The SMILES string of the molecule is C=C(C=CCCCCCCCCCCCC)C(=O)O. The molecule has 1 N–H and O–H groups in total. The molecule has 0 aromatic carbocycles. The highest BCUT2D eigenvalue weighted by Gasteiger charge is 1.96. The lowest BCUT2D eigenvalue weighted by Gasteiger charge is -2.01. The van der Waals surface area contributed by atoms with E-state index in [1.165, 1.54) is 57.8 Å². The topological polar surface area (TPSA) is 37.3 Å². The van der Waals surface area contributed by atoms with Gasteiger partial charge in [0.1, 0.15) is 0 Å². The molecular weight excluding hydrogens is 236 g/mol. The zero-order valence-corrected chi connectivity index (χ0v) is 12.5. The molecule has 0 aliphatic heterocycles. The highest BCUT2D eigenvalue weighted by molar-refractivity contribution is 5.88. The zero-order valence-electron chi connectivity index (χ0n) is 12.5. The molecule has 0 aliphatic rings. The number of rotatable bonds is 13. The standard InChI is InChI=1S/C17H30O2/c1-3-4-5-6-7-8-9-10-11-12-13-14-15-16(2)17(18)19/h14-15H,2-13H2,1H3,(H,18,19). The van der Waals surface area contributed by atoms with Crippen LogP contribution in [0.1, 0.15) is 77.6 Å². The van der Waals surface area contributed by atoms with E-state index >= 15 is 0 Å². The fraction of sp³-hybridized carbons (Fsp3) is 0.706. The van der Waals surface area contributed by atoms with Gasteiger partial charge in [0.25, 0.3) is 0 Å². The summed E-state index contributed by atoms with van der Waals surface area (Å²) in [6, 6.07) is 0. The van der Waals surface area contributed by atoms with Gasteiger partial charge in [-0.2, -0.15) is 0 Å². The number of carboxylic acids is 1. The van der Waals surface area contributed by atoms with Gasteiger partial charge >= 0.3 is 5.97 Å². The molecule has 0 radical (unpaired) electrons. The van der Waals surface area contributed by atoms with Gasteiger partial charge in [-0.1, -0.05) is 83.4 Å². The molecule has 0 fully saturated rings. The van der Waals surface area contributed by atoms with Crippen LogP contribution < -0.4 is 0 Å². The smallest absolute Gasteiger partial charge is 0.335 e. The van der Waals surface area contributed by atoms with Crippen LogP contribution in [0.5, 0.6) is 0 Å². The van der Waals surface area contributed by atoms with Gasteiger partial charge in [0.2, 0.25) is 0 Å². The van der Waals surface area contributed by atoms with Gasteiger partial charge in [-0.15, -0.1) is 0 Å². The molecule has 0 aromatic rings. The van der Waals surface area contributed by atoms with E-state index in [2.05, 4.69) is 13.5 Å². The molecule has 0 bridgehead atoms. The van der Waals surface area contributed by atoms with Crippen LogP contribution in [0.4, 0.5) is 0 Å². The van der Waals surface area contributed by atoms with E-state index in [1.54, 1.807) is 6.08 Å². The van der Waals surface area contributed by atoms with Crippen LogP contribution in [-0.4, -0.2) is 11.1 Å². The van der Waals surface area contributed by atoms with Crippen molar-refractivity contribution in [1.82, 2.24) is 0 Å². The van der Waals surface area contributed by atoms with Crippen molar-refractivity contribution in [2.24, 2.45) is 0 Å². The van der Waals surface area contributed by atoms with Crippen molar-refractivity contribution in [3.05, 3.63) is 24.3 Å². The monoisotopic (exact) mass is 266 g/mol. The first kappa shape index (κ1) is 17.9. The maximum Gasteiger partial charge on any atom is 0.335 e. The average Bonchev–Trinajstić information content (AvgIpc) is 2.39. The van der Waals surface area contributed by atoms with E-state index in [9.17, 15) is 4.79 Å². The summed E-state index contributed by atoms with van der Waals surface area (Å²) >= 11 is 0. The number of aliphatic carboxylic acids is 1. The molecule has 0 aromatic heterocycles. The normalized spacial score (nSPS) is 11.0. The van der Waals surface area contributed by atoms with Gasteiger partial charge < -0.3 is 5.11 Å². The molecule has 2 nitrogen and oxygen atoms in total.